The molecule has 0 spiro atoms. The minimum atomic E-state index is -0.0508. The van der Waals surface area contributed by atoms with Crippen LogP contribution in [0.5, 0.6) is 0 Å². The fourth-order valence-electron chi connectivity index (χ4n) is 1.92. The second-order valence-electron chi connectivity index (χ2n) is 4.84. The van der Waals surface area contributed by atoms with Gasteiger partial charge in [-0.05, 0) is 19.1 Å². The number of rotatable bonds is 6. The smallest absolute Gasteiger partial charge is 0.254 e. The first kappa shape index (κ1) is 15.0. The summed E-state index contributed by atoms with van der Waals surface area (Å²) >= 11 is 0. The highest BCUT2D eigenvalue weighted by Crippen LogP contribution is 2.07. The van der Waals surface area contributed by atoms with Gasteiger partial charge in [-0.15, -0.1) is 10.2 Å². The Morgan fingerprint density at radius 1 is 1.38 bits per heavy atom. The van der Waals surface area contributed by atoms with Crippen LogP contribution in [0.15, 0.2) is 24.7 Å². The highest BCUT2D eigenvalue weighted by molar-refractivity contribution is 5.93. The van der Waals surface area contributed by atoms with Gasteiger partial charge in [0.05, 0.1) is 5.56 Å². The number of carbonyl (C=O) groups excluding carboxylic acids is 1. The Morgan fingerprint density at radius 2 is 2.19 bits per heavy atom. The molecule has 7 heteroatoms. The maximum atomic E-state index is 11.7. The van der Waals surface area contributed by atoms with Crippen molar-refractivity contribution in [3.63, 3.8) is 0 Å². The molecular weight excluding hydrogens is 268 g/mol. The number of aryl methyl sites for hydroxylation is 1. The van der Waals surface area contributed by atoms with E-state index >= 15 is 0 Å². The highest BCUT2D eigenvalue weighted by atomic mass is 16.2. The maximum Gasteiger partial charge on any atom is 0.254 e. The average Bonchev–Trinajstić information content (AvgIpc) is 2.94. The van der Waals surface area contributed by atoms with Gasteiger partial charge < -0.3 is 14.8 Å². The minimum absolute atomic E-state index is 0.0508. The Hall–Kier alpha value is -2.44. The van der Waals surface area contributed by atoms with E-state index in [4.69, 9.17) is 0 Å². The Morgan fingerprint density at radius 3 is 2.81 bits per heavy atom. The van der Waals surface area contributed by atoms with E-state index in [1.807, 2.05) is 4.57 Å². The molecular formula is C14H20N6O. The molecule has 112 valence electrons. The van der Waals surface area contributed by atoms with Gasteiger partial charge in [0, 0.05) is 39.8 Å². The summed E-state index contributed by atoms with van der Waals surface area (Å²) in [4.78, 5) is 17.5. The second kappa shape index (κ2) is 6.83. The van der Waals surface area contributed by atoms with E-state index in [9.17, 15) is 4.79 Å². The van der Waals surface area contributed by atoms with Crippen LogP contribution in [0.3, 0.4) is 0 Å². The van der Waals surface area contributed by atoms with E-state index in [1.54, 1.807) is 38.8 Å². The fourth-order valence-corrected chi connectivity index (χ4v) is 1.92. The summed E-state index contributed by atoms with van der Waals surface area (Å²) in [6.45, 7) is 3.64. The largest absolute Gasteiger partial charge is 0.370 e. The molecule has 1 N–H and O–H groups in total. The monoisotopic (exact) mass is 288 g/mol. The van der Waals surface area contributed by atoms with Gasteiger partial charge in [-0.25, -0.2) is 4.98 Å². The van der Waals surface area contributed by atoms with Crippen molar-refractivity contribution >= 4 is 11.7 Å². The molecule has 0 aliphatic carbocycles. The molecule has 0 radical (unpaired) electrons. The molecule has 0 saturated carbocycles. The van der Waals surface area contributed by atoms with E-state index in [2.05, 4.69) is 27.4 Å². The minimum Gasteiger partial charge on any atom is -0.370 e. The predicted molar refractivity (Wildman–Crippen MR) is 80.1 cm³/mol. The van der Waals surface area contributed by atoms with Crippen molar-refractivity contribution in [1.82, 2.24) is 24.6 Å². The lowest BCUT2D eigenvalue weighted by atomic mass is 10.2. The van der Waals surface area contributed by atoms with Crippen molar-refractivity contribution in [2.24, 2.45) is 0 Å². The molecule has 2 rings (SSSR count). The van der Waals surface area contributed by atoms with E-state index < -0.39 is 0 Å². The second-order valence-corrected chi connectivity index (χ2v) is 4.84. The molecule has 0 aliphatic rings. The van der Waals surface area contributed by atoms with Crippen LogP contribution in [0.2, 0.25) is 0 Å². The Balaban J connectivity index is 1.88. The maximum absolute atomic E-state index is 11.7. The van der Waals surface area contributed by atoms with Gasteiger partial charge >= 0.3 is 0 Å². The van der Waals surface area contributed by atoms with E-state index in [-0.39, 0.29) is 5.91 Å². The Labute approximate surface area is 124 Å². The zero-order valence-corrected chi connectivity index (χ0v) is 12.6. The predicted octanol–water partition coefficient (Wildman–Crippen LogP) is 1.05. The number of carbonyl (C=O) groups is 1. The Kier molecular flexibility index (Phi) is 4.86. The zero-order valence-electron chi connectivity index (χ0n) is 12.6. The molecule has 21 heavy (non-hydrogen) atoms. The van der Waals surface area contributed by atoms with Crippen molar-refractivity contribution in [1.29, 1.82) is 0 Å². The lowest BCUT2D eigenvalue weighted by Crippen LogP contribution is -2.21. The molecule has 0 aromatic carbocycles. The van der Waals surface area contributed by atoms with Gasteiger partial charge in [0.2, 0.25) is 0 Å². The molecule has 0 saturated heterocycles. The van der Waals surface area contributed by atoms with Crippen LogP contribution in [-0.4, -0.2) is 51.2 Å². The number of anilines is 1. The lowest BCUT2D eigenvalue weighted by Gasteiger charge is -2.10. The third-order valence-electron chi connectivity index (χ3n) is 3.11. The van der Waals surface area contributed by atoms with Gasteiger partial charge in [0.25, 0.3) is 5.91 Å². The van der Waals surface area contributed by atoms with E-state index in [1.165, 1.54) is 4.90 Å². The Bertz CT molecular complexity index is 590. The molecule has 0 aliphatic heterocycles. The highest BCUT2D eigenvalue weighted by Gasteiger charge is 2.08. The molecule has 1 amide bonds. The van der Waals surface area contributed by atoms with Gasteiger partial charge in [-0.3, -0.25) is 4.79 Å². The molecule has 0 atom stereocenters. The number of amides is 1. The SMILES string of the molecule is CCn1cnnc1CCNc1ccc(C(=O)N(C)C)cn1. The van der Waals surface area contributed by atoms with Gasteiger partial charge in [-0.2, -0.15) is 0 Å². The van der Waals surface area contributed by atoms with E-state index in [0.29, 0.717) is 12.1 Å². The third kappa shape index (κ3) is 3.77. The van der Waals surface area contributed by atoms with Gasteiger partial charge in [0.15, 0.2) is 0 Å². The molecule has 2 aromatic heterocycles. The van der Waals surface area contributed by atoms with Crippen LogP contribution in [0.1, 0.15) is 23.1 Å². The van der Waals surface area contributed by atoms with Crippen LogP contribution >= 0.6 is 0 Å². The van der Waals surface area contributed by atoms with Crippen LogP contribution < -0.4 is 5.32 Å². The topological polar surface area (TPSA) is 75.9 Å². The normalized spacial score (nSPS) is 10.4. The average molecular weight is 288 g/mol. The van der Waals surface area contributed by atoms with E-state index in [0.717, 1.165) is 24.6 Å². The zero-order chi connectivity index (χ0) is 15.2. The van der Waals surface area contributed by atoms with Gasteiger partial charge in [-0.1, -0.05) is 0 Å². The molecule has 0 unspecified atom stereocenters. The van der Waals surface area contributed by atoms with Crippen LogP contribution in [0.25, 0.3) is 0 Å². The number of pyridine rings is 1. The molecule has 0 fully saturated rings. The van der Waals surface area contributed by atoms with Crippen LogP contribution in [0.4, 0.5) is 5.82 Å². The summed E-state index contributed by atoms with van der Waals surface area (Å²) in [5, 5.41) is 11.2. The lowest BCUT2D eigenvalue weighted by molar-refractivity contribution is 0.0827. The quantitative estimate of drug-likeness (QED) is 0.860. The molecule has 2 aromatic rings. The standard InChI is InChI=1S/C14H20N6O/c1-4-20-10-17-18-13(20)7-8-15-12-6-5-11(9-16-12)14(21)19(2)3/h5-6,9-10H,4,7-8H2,1-3H3,(H,15,16). The van der Waals surface area contributed by atoms with Crippen LogP contribution in [0, 0.1) is 0 Å². The first-order valence-corrected chi connectivity index (χ1v) is 6.90. The molecule has 7 nitrogen and oxygen atoms in total. The van der Waals surface area contributed by atoms with Crippen molar-refractivity contribution < 1.29 is 4.79 Å². The number of nitrogens with one attached hydrogen (secondary N) is 1. The number of hydrogen-bond acceptors (Lipinski definition) is 5. The third-order valence-corrected chi connectivity index (χ3v) is 3.11. The first-order chi connectivity index (χ1) is 10.1. The number of nitrogens with zero attached hydrogens (tertiary/aromatic N) is 5. The van der Waals surface area contributed by atoms with Gasteiger partial charge in [0.1, 0.15) is 18.0 Å². The summed E-state index contributed by atoms with van der Waals surface area (Å²) in [5.41, 5.74) is 0.580. The number of aromatic nitrogens is 4. The van der Waals surface area contributed by atoms with Crippen molar-refractivity contribution in [2.75, 3.05) is 26.0 Å². The summed E-state index contributed by atoms with van der Waals surface area (Å²) in [7, 11) is 3.44. The molecule has 0 bridgehead atoms. The first-order valence-electron chi connectivity index (χ1n) is 6.90. The summed E-state index contributed by atoms with van der Waals surface area (Å²) in [6.07, 6.45) is 4.09. The van der Waals surface area contributed by atoms with Crippen LogP contribution in [-0.2, 0) is 13.0 Å². The van der Waals surface area contributed by atoms with Crippen molar-refractivity contribution in [3.8, 4) is 0 Å². The van der Waals surface area contributed by atoms with Crippen molar-refractivity contribution in [3.05, 3.63) is 36.0 Å². The number of hydrogen-bond donors (Lipinski definition) is 1. The summed E-state index contributed by atoms with van der Waals surface area (Å²) in [5.74, 6) is 1.64. The summed E-state index contributed by atoms with van der Waals surface area (Å²) < 4.78 is 2.01. The summed E-state index contributed by atoms with van der Waals surface area (Å²) in [6, 6.07) is 3.58. The van der Waals surface area contributed by atoms with Crippen molar-refractivity contribution in [2.45, 2.75) is 19.9 Å². The fraction of sp³-hybridized carbons (Fsp3) is 0.429. The molecule has 2 heterocycles.